The van der Waals surface area contributed by atoms with Crippen molar-refractivity contribution in [3.8, 4) is 17.3 Å². The number of benzene rings is 1. The van der Waals surface area contributed by atoms with Crippen LogP contribution in [0.15, 0.2) is 36.4 Å². The molecule has 0 radical (unpaired) electrons. The molecule has 2 N–H and O–H groups in total. The number of hydrogen-bond acceptors (Lipinski definition) is 10. The molecule has 1 atom stereocenters. The molecule has 1 aromatic heterocycles. The zero-order chi connectivity index (χ0) is 29.2. The molecule has 2 fully saturated rings. The van der Waals surface area contributed by atoms with Crippen molar-refractivity contribution in [1.29, 1.82) is 0 Å². The minimum atomic E-state index is -1.11. The van der Waals surface area contributed by atoms with Crippen LogP contribution in [0.25, 0.3) is 11.4 Å². The first-order valence-corrected chi connectivity index (χ1v) is 13.8. The van der Waals surface area contributed by atoms with E-state index >= 15 is 0 Å². The SMILES string of the molecule is CCOC(=O)ON1CCN(C(=O)[C@H](CCC(=O)O)NC(=O)c2cc(OC3CCCC3)nc(-c3ccccc3)n2)CC1. The number of carbonyl (C=O) groups excluding carboxylic acids is 3. The number of piperazine rings is 1. The van der Waals surface area contributed by atoms with Crippen LogP contribution in [0.3, 0.4) is 0 Å². The Hall–Kier alpha value is -4.26. The first-order valence-electron chi connectivity index (χ1n) is 13.8. The van der Waals surface area contributed by atoms with Crippen LogP contribution < -0.4 is 10.1 Å². The predicted molar refractivity (Wildman–Crippen MR) is 145 cm³/mol. The van der Waals surface area contributed by atoms with Gasteiger partial charge < -0.3 is 29.6 Å². The van der Waals surface area contributed by atoms with Gasteiger partial charge >= 0.3 is 12.1 Å². The molecule has 2 aromatic rings. The number of carboxylic acids is 1. The number of hydrogen-bond donors (Lipinski definition) is 2. The smallest absolute Gasteiger partial charge is 0.481 e. The molecule has 2 aliphatic rings. The third kappa shape index (κ3) is 8.61. The molecule has 4 rings (SSSR count). The van der Waals surface area contributed by atoms with Crippen LogP contribution in [0.5, 0.6) is 5.88 Å². The number of nitrogens with one attached hydrogen (secondary N) is 1. The van der Waals surface area contributed by atoms with Crippen LogP contribution in [-0.4, -0.2) is 93.9 Å². The van der Waals surface area contributed by atoms with Crippen molar-refractivity contribution in [2.75, 3.05) is 32.8 Å². The number of carboxylic acid groups (broad SMARTS) is 1. The first-order chi connectivity index (χ1) is 19.8. The summed E-state index contributed by atoms with van der Waals surface area (Å²) < 4.78 is 10.8. The number of rotatable bonds is 11. The molecule has 2 amide bonds. The van der Waals surface area contributed by atoms with Crippen LogP contribution >= 0.6 is 0 Å². The molecule has 2 heterocycles. The fourth-order valence-electron chi connectivity index (χ4n) is 4.72. The van der Waals surface area contributed by atoms with Crippen molar-refractivity contribution < 1.29 is 38.6 Å². The fraction of sp³-hybridized carbons (Fsp3) is 0.500. The van der Waals surface area contributed by atoms with Crippen LogP contribution in [0.4, 0.5) is 4.79 Å². The maximum Gasteiger partial charge on any atom is 0.527 e. The van der Waals surface area contributed by atoms with E-state index in [-0.39, 0.29) is 63.3 Å². The number of aliphatic carboxylic acids is 1. The second-order valence-corrected chi connectivity index (χ2v) is 9.79. The highest BCUT2D eigenvalue weighted by Gasteiger charge is 2.31. The van der Waals surface area contributed by atoms with Crippen molar-refractivity contribution >= 4 is 23.9 Å². The monoisotopic (exact) mass is 569 g/mol. The third-order valence-electron chi connectivity index (χ3n) is 6.82. The van der Waals surface area contributed by atoms with Crippen molar-refractivity contribution in [2.24, 2.45) is 0 Å². The molecule has 0 spiro atoms. The van der Waals surface area contributed by atoms with E-state index in [4.69, 9.17) is 14.3 Å². The summed E-state index contributed by atoms with van der Waals surface area (Å²) in [6, 6.07) is 9.51. The van der Waals surface area contributed by atoms with Gasteiger partial charge in [0.25, 0.3) is 5.91 Å². The van der Waals surface area contributed by atoms with Crippen LogP contribution in [0, 0.1) is 0 Å². The summed E-state index contributed by atoms with van der Waals surface area (Å²) in [6.07, 6.45) is 2.66. The van der Waals surface area contributed by atoms with Gasteiger partial charge in [-0.2, -0.15) is 4.98 Å². The van der Waals surface area contributed by atoms with Crippen LogP contribution in [0.1, 0.15) is 55.9 Å². The zero-order valence-corrected chi connectivity index (χ0v) is 23.0. The summed E-state index contributed by atoms with van der Waals surface area (Å²) in [7, 11) is 0. The number of ether oxygens (including phenoxy) is 2. The molecule has 0 bridgehead atoms. The maximum absolute atomic E-state index is 13.4. The van der Waals surface area contributed by atoms with Crippen molar-refractivity contribution in [2.45, 2.75) is 57.6 Å². The van der Waals surface area contributed by atoms with E-state index < -0.39 is 30.0 Å². The summed E-state index contributed by atoms with van der Waals surface area (Å²) in [6.45, 7) is 2.73. The molecule has 13 heteroatoms. The molecule has 1 saturated carbocycles. The zero-order valence-electron chi connectivity index (χ0n) is 23.0. The van der Waals surface area contributed by atoms with Crippen molar-refractivity contribution in [1.82, 2.24) is 25.2 Å². The Kier molecular flexibility index (Phi) is 10.4. The van der Waals surface area contributed by atoms with Gasteiger partial charge in [0.05, 0.1) is 19.7 Å². The van der Waals surface area contributed by atoms with E-state index in [0.717, 1.165) is 25.7 Å². The average Bonchev–Trinajstić information content (AvgIpc) is 3.48. The van der Waals surface area contributed by atoms with E-state index in [1.165, 1.54) is 16.0 Å². The second-order valence-electron chi connectivity index (χ2n) is 9.79. The Morgan fingerprint density at radius 1 is 1.05 bits per heavy atom. The van der Waals surface area contributed by atoms with Crippen molar-refractivity contribution in [3.63, 3.8) is 0 Å². The van der Waals surface area contributed by atoms with E-state index in [9.17, 15) is 24.3 Å². The first kappa shape index (κ1) is 29.7. The second kappa shape index (κ2) is 14.4. The van der Waals surface area contributed by atoms with Crippen LogP contribution in [-0.2, 0) is 19.2 Å². The van der Waals surface area contributed by atoms with Crippen molar-refractivity contribution in [3.05, 3.63) is 42.1 Å². The number of hydroxylamine groups is 2. The highest BCUT2D eigenvalue weighted by molar-refractivity contribution is 5.96. The van der Waals surface area contributed by atoms with Crippen LogP contribution in [0.2, 0.25) is 0 Å². The lowest BCUT2D eigenvalue weighted by Crippen LogP contribution is -2.55. The van der Waals surface area contributed by atoms with Gasteiger partial charge in [-0.1, -0.05) is 30.3 Å². The number of carbonyl (C=O) groups is 4. The molecule has 1 aliphatic carbocycles. The average molecular weight is 570 g/mol. The molecule has 1 aliphatic heterocycles. The quantitative estimate of drug-likeness (QED) is 0.383. The third-order valence-corrected chi connectivity index (χ3v) is 6.82. The molecular formula is C28H35N5O8. The molecule has 1 saturated heterocycles. The normalized spacial score (nSPS) is 16.6. The lowest BCUT2D eigenvalue weighted by molar-refractivity contribution is -0.157. The fourth-order valence-corrected chi connectivity index (χ4v) is 4.72. The van der Waals surface area contributed by atoms with Gasteiger partial charge in [0.1, 0.15) is 17.8 Å². The lowest BCUT2D eigenvalue weighted by Gasteiger charge is -2.35. The number of nitrogens with zero attached hydrogens (tertiary/aromatic N) is 4. The number of aromatic nitrogens is 2. The van der Waals surface area contributed by atoms with E-state index in [1.807, 2.05) is 30.3 Å². The topological polar surface area (TPSA) is 160 Å². The number of amides is 2. The Labute approximate surface area is 237 Å². The summed E-state index contributed by atoms with van der Waals surface area (Å²) >= 11 is 0. The Morgan fingerprint density at radius 3 is 2.41 bits per heavy atom. The summed E-state index contributed by atoms with van der Waals surface area (Å²) in [5.41, 5.74) is 0.701. The van der Waals surface area contributed by atoms with Gasteiger partial charge in [-0.05, 0) is 39.0 Å². The highest BCUT2D eigenvalue weighted by atomic mass is 16.8. The predicted octanol–water partition coefficient (Wildman–Crippen LogP) is 2.66. The molecule has 41 heavy (non-hydrogen) atoms. The molecule has 220 valence electrons. The largest absolute Gasteiger partial charge is 0.527 e. The minimum absolute atomic E-state index is 0.000743. The van der Waals surface area contributed by atoms with E-state index in [2.05, 4.69) is 15.3 Å². The van der Waals surface area contributed by atoms with Gasteiger partial charge in [0.15, 0.2) is 5.82 Å². The Bertz CT molecular complexity index is 1210. The summed E-state index contributed by atoms with van der Waals surface area (Å²) in [5.74, 6) is -1.60. The Morgan fingerprint density at radius 2 is 1.76 bits per heavy atom. The van der Waals surface area contributed by atoms with Gasteiger partial charge in [-0.25, -0.2) is 9.78 Å². The molecule has 1 aromatic carbocycles. The Balaban J connectivity index is 1.49. The van der Waals surface area contributed by atoms with Gasteiger partial charge in [-0.15, -0.1) is 5.06 Å². The maximum atomic E-state index is 13.4. The summed E-state index contributed by atoms with van der Waals surface area (Å²) in [4.78, 5) is 65.3. The molecular weight excluding hydrogens is 534 g/mol. The van der Waals surface area contributed by atoms with E-state index in [1.54, 1.807) is 6.92 Å². The standard InChI is InChI=1S/C28H35N5O8/c1-2-39-28(38)41-33-16-14-32(15-17-33)27(37)21(12-13-24(34)35)30-26(36)22-18-23(40-20-10-6-7-11-20)31-25(29-22)19-8-4-3-5-9-19/h3-5,8-9,18,20-21H,2,6-7,10-17H2,1H3,(H,30,36)(H,34,35)/t21-/m0/s1. The van der Waals surface area contributed by atoms with E-state index in [0.29, 0.717) is 11.4 Å². The minimum Gasteiger partial charge on any atom is -0.481 e. The molecule has 0 unspecified atom stereocenters. The van der Waals surface area contributed by atoms with Gasteiger partial charge in [0, 0.05) is 31.1 Å². The van der Waals surface area contributed by atoms with Gasteiger partial charge in [0.2, 0.25) is 11.8 Å². The van der Waals surface area contributed by atoms with Gasteiger partial charge in [-0.3, -0.25) is 14.4 Å². The highest BCUT2D eigenvalue weighted by Crippen LogP contribution is 2.25. The molecule has 13 nitrogen and oxygen atoms in total. The summed E-state index contributed by atoms with van der Waals surface area (Å²) in [5, 5.41) is 13.3. The lowest BCUT2D eigenvalue weighted by atomic mass is 10.1.